The van der Waals surface area contributed by atoms with Crippen molar-refractivity contribution >= 4 is 5.97 Å². The molecule has 84 valence electrons. The SMILES string of the molecule is C[C@H]1C=CC(=O)O[C@H]1CCc1ccccc1. The summed E-state index contributed by atoms with van der Waals surface area (Å²) in [4.78, 5) is 11.1. The Bertz CT molecular complexity index is 381. The lowest BCUT2D eigenvalue weighted by Crippen LogP contribution is -2.27. The molecule has 0 saturated heterocycles. The number of aryl methyl sites for hydroxylation is 1. The van der Waals surface area contributed by atoms with E-state index in [0.717, 1.165) is 12.8 Å². The maximum atomic E-state index is 11.1. The zero-order valence-corrected chi connectivity index (χ0v) is 9.43. The Morgan fingerprint density at radius 2 is 2.00 bits per heavy atom. The Kier molecular flexibility index (Phi) is 3.40. The van der Waals surface area contributed by atoms with Gasteiger partial charge in [-0.1, -0.05) is 43.3 Å². The molecule has 0 N–H and O–H groups in total. The lowest BCUT2D eigenvalue weighted by atomic mass is 9.96. The number of hydrogen-bond acceptors (Lipinski definition) is 2. The zero-order valence-electron chi connectivity index (χ0n) is 9.43. The summed E-state index contributed by atoms with van der Waals surface area (Å²) in [6.45, 7) is 2.08. The first-order chi connectivity index (χ1) is 7.75. The van der Waals surface area contributed by atoms with Gasteiger partial charge in [0.05, 0.1) is 0 Å². The van der Waals surface area contributed by atoms with Crippen molar-refractivity contribution in [2.75, 3.05) is 0 Å². The van der Waals surface area contributed by atoms with E-state index in [9.17, 15) is 4.79 Å². The fraction of sp³-hybridized carbons (Fsp3) is 0.357. The minimum Gasteiger partial charge on any atom is -0.459 e. The molecule has 0 radical (unpaired) electrons. The maximum Gasteiger partial charge on any atom is 0.330 e. The zero-order chi connectivity index (χ0) is 11.4. The first kappa shape index (κ1) is 10.9. The monoisotopic (exact) mass is 216 g/mol. The van der Waals surface area contributed by atoms with Crippen LogP contribution in [0.25, 0.3) is 0 Å². The van der Waals surface area contributed by atoms with Crippen molar-refractivity contribution in [1.82, 2.24) is 0 Å². The van der Waals surface area contributed by atoms with Crippen LogP contribution < -0.4 is 0 Å². The number of carbonyl (C=O) groups is 1. The molecule has 0 aromatic heterocycles. The van der Waals surface area contributed by atoms with Crippen molar-refractivity contribution in [3.8, 4) is 0 Å². The van der Waals surface area contributed by atoms with Crippen LogP contribution in [0.1, 0.15) is 18.9 Å². The van der Waals surface area contributed by atoms with E-state index in [4.69, 9.17) is 4.74 Å². The van der Waals surface area contributed by atoms with Gasteiger partial charge in [0.2, 0.25) is 0 Å². The molecular weight excluding hydrogens is 200 g/mol. The quantitative estimate of drug-likeness (QED) is 0.726. The van der Waals surface area contributed by atoms with Gasteiger partial charge >= 0.3 is 5.97 Å². The Morgan fingerprint density at radius 3 is 2.75 bits per heavy atom. The van der Waals surface area contributed by atoms with Crippen LogP contribution >= 0.6 is 0 Å². The van der Waals surface area contributed by atoms with Crippen LogP contribution in [0.2, 0.25) is 0 Å². The van der Waals surface area contributed by atoms with Crippen LogP contribution in [-0.4, -0.2) is 12.1 Å². The molecule has 2 heteroatoms. The number of carbonyl (C=O) groups excluding carboxylic acids is 1. The molecule has 0 bridgehead atoms. The molecule has 0 amide bonds. The van der Waals surface area contributed by atoms with E-state index < -0.39 is 0 Å². The Balaban J connectivity index is 1.91. The molecule has 2 rings (SSSR count). The second-order valence-corrected chi connectivity index (χ2v) is 4.22. The van der Waals surface area contributed by atoms with Gasteiger partial charge < -0.3 is 4.74 Å². The van der Waals surface area contributed by atoms with Crippen molar-refractivity contribution in [1.29, 1.82) is 0 Å². The topological polar surface area (TPSA) is 26.3 Å². The molecule has 0 fully saturated rings. The lowest BCUT2D eigenvalue weighted by molar-refractivity contribution is -0.146. The highest BCUT2D eigenvalue weighted by Crippen LogP contribution is 2.19. The highest BCUT2D eigenvalue weighted by molar-refractivity contribution is 5.82. The normalized spacial score (nSPS) is 24.2. The summed E-state index contributed by atoms with van der Waals surface area (Å²) < 4.78 is 5.29. The van der Waals surface area contributed by atoms with Gasteiger partial charge in [-0.3, -0.25) is 0 Å². The van der Waals surface area contributed by atoms with Crippen LogP contribution in [0.3, 0.4) is 0 Å². The standard InChI is InChI=1S/C14H16O2/c1-11-7-10-14(15)16-13(11)9-8-12-5-3-2-4-6-12/h2-7,10-11,13H,8-9H2,1H3/t11-,13-/m0/s1. The smallest absolute Gasteiger partial charge is 0.330 e. The Morgan fingerprint density at radius 1 is 1.25 bits per heavy atom. The third-order valence-electron chi connectivity index (χ3n) is 2.95. The molecule has 2 nitrogen and oxygen atoms in total. The van der Waals surface area contributed by atoms with E-state index in [1.807, 2.05) is 24.3 Å². The van der Waals surface area contributed by atoms with Gasteiger partial charge in [-0.05, 0) is 18.4 Å². The molecular formula is C14H16O2. The molecule has 1 aliphatic rings. The first-order valence-electron chi connectivity index (χ1n) is 5.68. The van der Waals surface area contributed by atoms with Crippen molar-refractivity contribution in [2.24, 2.45) is 5.92 Å². The number of hydrogen-bond donors (Lipinski definition) is 0. The van der Waals surface area contributed by atoms with Crippen LogP contribution in [-0.2, 0) is 16.0 Å². The van der Waals surface area contributed by atoms with Gasteiger partial charge in [-0.2, -0.15) is 0 Å². The minimum atomic E-state index is -0.212. The summed E-state index contributed by atoms with van der Waals surface area (Å²) >= 11 is 0. The maximum absolute atomic E-state index is 11.1. The van der Waals surface area contributed by atoms with Crippen molar-refractivity contribution in [2.45, 2.75) is 25.9 Å². The summed E-state index contributed by atoms with van der Waals surface area (Å²) in [5.74, 6) is 0.109. The van der Waals surface area contributed by atoms with Crippen LogP contribution in [0.4, 0.5) is 0 Å². The van der Waals surface area contributed by atoms with E-state index in [0.29, 0.717) is 5.92 Å². The molecule has 0 spiro atoms. The van der Waals surface area contributed by atoms with Crippen LogP contribution in [0.15, 0.2) is 42.5 Å². The van der Waals surface area contributed by atoms with Gasteiger partial charge in [0, 0.05) is 12.0 Å². The average Bonchev–Trinajstić information content (AvgIpc) is 2.32. The lowest BCUT2D eigenvalue weighted by Gasteiger charge is -2.24. The van der Waals surface area contributed by atoms with E-state index in [1.54, 1.807) is 0 Å². The van der Waals surface area contributed by atoms with Crippen molar-refractivity contribution < 1.29 is 9.53 Å². The molecule has 2 atom stereocenters. The van der Waals surface area contributed by atoms with E-state index in [2.05, 4.69) is 19.1 Å². The molecule has 0 aliphatic carbocycles. The highest BCUT2D eigenvalue weighted by Gasteiger charge is 2.22. The molecule has 1 heterocycles. The fourth-order valence-electron chi connectivity index (χ4n) is 1.93. The summed E-state index contributed by atoms with van der Waals surface area (Å²) in [6.07, 6.45) is 5.32. The minimum absolute atomic E-state index is 0.0257. The second-order valence-electron chi connectivity index (χ2n) is 4.22. The molecule has 16 heavy (non-hydrogen) atoms. The van der Waals surface area contributed by atoms with Gasteiger partial charge in [0.15, 0.2) is 0 Å². The molecule has 0 unspecified atom stereocenters. The number of esters is 1. The molecule has 0 saturated carbocycles. The third-order valence-corrected chi connectivity index (χ3v) is 2.95. The van der Waals surface area contributed by atoms with E-state index >= 15 is 0 Å². The third kappa shape index (κ3) is 2.72. The Hall–Kier alpha value is -1.57. The number of benzene rings is 1. The van der Waals surface area contributed by atoms with E-state index in [-0.39, 0.29) is 12.1 Å². The van der Waals surface area contributed by atoms with Gasteiger partial charge in [-0.15, -0.1) is 0 Å². The summed E-state index contributed by atoms with van der Waals surface area (Å²) in [7, 11) is 0. The van der Waals surface area contributed by atoms with Gasteiger partial charge in [0.1, 0.15) is 6.10 Å². The predicted octanol–water partition coefficient (Wildman–Crippen LogP) is 2.74. The second kappa shape index (κ2) is 4.97. The molecule has 1 aromatic rings. The van der Waals surface area contributed by atoms with Crippen molar-refractivity contribution in [3.05, 3.63) is 48.0 Å². The predicted molar refractivity (Wildman–Crippen MR) is 62.9 cm³/mol. The first-order valence-corrected chi connectivity index (χ1v) is 5.68. The average molecular weight is 216 g/mol. The summed E-state index contributed by atoms with van der Waals surface area (Å²) in [6, 6.07) is 10.3. The Labute approximate surface area is 95.9 Å². The van der Waals surface area contributed by atoms with Crippen molar-refractivity contribution in [3.63, 3.8) is 0 Å². The van der Waals surface area contributed by atoms with E-state index in [1.165, 1.54) is 11.6 Å². The van der Waals surface area contributed by atoms with Crippen LogP contribution in [0.5, 0.6) is 0 Å². The van der Waals surface area contributed by atoms with Gasteiger partial charge in [-0.25, -0.2) is 4.79 Å². The summed E-state index contributed by atoms with van der Waals surface area (Å²) in [5, 5.41) is 0. The largest absolute Gasteiger partial charge is 0.459 e. The fourth-order valence-corrected chi connectivity index (χ4v) is 1.93. The molecule has 1 aliphatic heterocycles. The number of rotatable bonds is 3. The summed E-state index contributed by atoms with van der Waals surface area (Å²) in [5.41, 5.74) is 1.29. The van der Waals surface area contributed by atoms with Gasteiger partial charge in [0.25, 0.3) is 0 Å². The van der Waals surface area contributed by atoms with Crippen LogP contribution in [0, 0.1) is 5.92 Å². The highest BCUT2D eigenvalue weighted by atomic mass is 16.5. The molecule has 1 aromatic carbocycles. The number of cyclic esters (lactones) is 1. The number of ether oxygens (including phenoxy) is 1.